The van der Waals surface area contributed by atoms with Crippen LogP contribution < -0.4 is 10.6 Å². The summed E-state index contributed by atoms with van der Waals surface area (Å²) in [4.78, 5) is 4.04. The number of halogens is 3. The number of sulfonamides is 1. The number of rotatable bonds is 5. The summed E-state index contributed by atoms with van der Waals surface area (Å²) >= 11 is 0. The predicted molar refractivity (Wildman–Crippen MR) is 79.0 cm³/mol. The van der Waals surface area contributed by atoms with Crippen molar-refractivity contribution < 1.29 is 21.6 Å². The van der Waals surface area contributed by atoms with Gasteiger partial charge >= 0.3 is 15.5 Å². The van der Waals surface area contributed by atoms with Crippen molar-refractivity contribution in [2.75, 3.05) is 26.7 Å². The lowest BCUT2D eigenvalue weighted by molar-refractivity contribution is -0.0494. The van der Waals surface area contributed by atoms with Crippen LogP contribution in [-0.2, 0) is 10.0 Å². The summed E-state index contributed by atoms with van der Waals surface area (Å²) in [5, 5.41) is 6.22. The molecule has 0 spiro atoms. The number of hydrogen-bond donors (Lipinski definition) is 2. The smallest absolute Gasteiger partial charge is 0.356 e. The Morgan fingerprint density at radius 2 is 1.91 bits per heavy atom. The molecule has 0 unspecified atom stereocenters. The summed E-state index contributed by atoms with van der Waals surface area (Å²) in [6, 6.07) is -0.0903. The van der Waals surface area contributed by atoms with Crippen LogP contribution >= 0.6 is 0 Å². The average Bonchev–Trinajstić information content (AvgIpc) is 2.45. The highest BCUT2D eigenvalue weighted by Gasteiger charge is 2.50. The molecule has 10 heteroatoms. The van der Waals surface area contributed by atoms with Gasteiger partial charge in [-0.15, -0.1) is 0 Å². The van der Waals surface area contributed by atoms with E-state index in [-0.39, 0.29) is 19.1 Å². The number of unbranched alkanes of at least 4 members (excludes halogenated alkanes) is 1. The largest absolute Gasteiger partial charge is 0.511 e. The summed E-state index contributed by atoms with van der Waals surface area (Å²) in [6.45, 7) is 2.53. The summed E-state index contributed by atoms with van der Waals surface area (Å²) < 4.78 is 60.6. The third-order valence-electron chi connectivity index (χ3n) is 3.47. The third kappa shape index (κ3) is 5.01. The lowest BCUT2D eigenvalue weighted by atomic mass is 10.1. The van der Waals surface area contributed by atoms with Crippen LogP contribution in [0.25, 0.3) is 0 Å². The van der Waals surface area contributed by atoms with Gasteiger partial charge in [-0.2, -0.15) is 17.5 Å². The summed E-state index contributed by atoms with van der Waals surface area (Å²) in [6.07, 6.45) is 2.65. The minimum absolute atomic E-state index is 0.0903. The second-order valence-corrected chi connectivity index (χ2v) is 7.05. The Morgan fingerprint density at radius 1 is 1.32 bits per heavy atom. The average molecular weight is 344 g/mol. The standard InChI is InChI=1S/C12H23F3N4O2S/c1-3-4-7-17-11(16-2)18-10-5-8-19(9-6-10)22(20,21)12(13,14)15/h10H,3-9H2,1-2H3,(H2,16,17,18). The molecule has 1 rings (SSSR count). The number of alkyl halides is 3. The summed E-state index contributed by atoms with van der Waals surface area (Å²) in [5.41, 5.74) is -5.23. The maximum atomic E-state index is 12.5. The molecule has 22 heavy (non-hydrogen) atoms. The van der Waals surface area contributed by atoms with Crippen LogP contribution in [0, 0.1) is 0 Å². The molecule has 1 aliphatic rings. The van der Waals surface area contributed by atoms with Gasteiger partial charge in [-0.1, -0.05) is 13.3 Å². The van der Waals surface area contributed by atoms with Crippen molar-refractivity contribution in [3.63, 3.8) is 0 Å². The van der Waals surface area contributed by atoms with E-state index < -0.39 is 15.5 Å². The Bertz CT molecular complexity index is 471. The fourth-order valence-corrected chi connectivity index (χ4v) is 3.14. The van der Waals surface area contributed by atoms with E-state index in [2.05, 4.69) is 22.5 Å². The zero-order valence-corrected chi connectivity index (χ0v) is 13.6. The van der Waals surface area contributed by atoms with E-state index in [0.29, 0.717) is 23.1 Å². The van der Waals surface area contributed by atoms with E-state index in [0.717, 1.165) is 19.4 Å². The van der Waals surface area contributed by atoms with Gasteiger partial charge in [0.15, 0.2) is 5.96 Å². The minimum atomic E-state index is -5.23. The van der Waals surface area contributed by atoms with Crippen LogP contribution in [0.2, 0.25) is 0 Å². The normalized spacial score (nSPS) is 19.2. The molecule has 1 saturated heterocycles. The molecule has 0 aromatic rings. The van der Waals surface area contributed by atoms with Crippen molar-refractivity contribution in [3.8, 4) is 0 Å². The van der Waals surface area contributed by atoms with Crippen LogP contribution in [0.5, 0.6) is 0 Å². The fourth-order valence-electron chi connectivity index (χ4n) is 2.16. The first-order valence-electron chi connectivity index (χ1n) is 7.26. The zero-order chi connectivity index (χ0) is 16.8. The van der Waals surface area contributed by atoms with Gasteiger partial charge in [0, 0.05) is 32.7 Å². The minimum Gasteiger partial charge on any atom is -0.356 e. The monoisotopic (exact) mass is 344 g/mol. The molecule has 0 aromatic heterocycles. The van der Waals surface area contributed by atoms with Crippen molar-refractivity contribution in [2.45, 2.75) is 44.2 Å². The molecule has 0 aromatic carbocycles. The Labute approximate surface area is 129 Å². The number of piperidine rings is 1. The number of nitrogens with one attached hydrogen (secondary N) is 2. The van der Waals surface area contributed by atoms with Crippen LogP contribution in [0.1, 0.15) is 32.6 Å². The maximum Gasteiger partial charge on any atom is 0.511 e. The van der Waals surface area contributed by atoms with E-state index in [1.807, 2.05) is 0 Å². The fraction of sp³-hybridized carbons (Fsp3) is 0.917. The first kappa shape index (κ1) is 19.0. The molecule has 6 nitrogen and oxygen atoms in total. The van der Waals surface area contributed by atoms with E-state index in [1.54, 1.807) is 7.05 Å². The summed E-state index contributed by atoms with van der Waals surface area (Å²) in [7, 11) is -3.60. The molecular formula is C12H23F3N4O2S. The topological polar surface area (TPSA) is 73.8 Å². The Kier molecular flexibility index (Phi) is 6.92. The molecular weight excluding hydrogens is 321 g/mol. The quantitative estimate of drug-likeness (QED) is 0.447. The Morgan fingerprint density at radius 3 is 2.36 bits per heavy atom. The predicted octanol–water partition coefficient (Wildman–Crippen LogP) is 1.27. The highest BCUT2D eigenvalue weighted by molar-refractivity contribution is 7.90. The first-order chi connectivity index (χ1) is 10.2. The number of aliphatic imine (C=N–C) groups is 1. The van der Waals surface area contributed by atoms with Gasteiger partial charge in [-0.25, -0.2) is 8.42 Å². The Hall–Kier alpha value is -1.03. The number of guanidine groups is 1. The van der Waals surface area contributed by atoms with Gasteiger partial charge in [-0.05, 0) is 19.3 Å². The number of hydrogen-bond acceptors (Lipinski definition) is 3. The molecule has 1 aliphatic heterocycles. The molecule has 130 valence electrons. The second-order valence-electron chi connectivity index (χ2n) is 5.12. The van der Waals surface area contributed by atoms with Crippen LogP contribution in [0.4, 0.5) is 13.2 Å². The summed E-state index contributed by atoms with van der Waals surface area (Å²) in [5.74, 6) is 0.588. The molecule has 0 radical (unpaired) electrons. The zero-order valence-electron chi connectivity index (χ0n) is 12.8. The molecule has 0 saturated carbocycles. The first-order valence-corrected chi connectivity index (χ1v) is 8.70. The lowest BCUT2D eigenvalue weighted by Crippen LogP contribution is -2.51. The molecule has 1 fully saturated rings. The molecule has 1 heterocycles. The van der Waals surface area contributed by atoms with Crippen LogP contribution in [0.3, 0.4) is 0 Å². The van der Waals surface area contributed by atoms with Gasteiger partial charge in [0.1, 0.15) is 0 Å². The van der Waals surface area contributed by atoms with E-state index >= 15 is 0 Å². The highest BCUT2D eigenvalue weighted by Crippen LogP contribution is 2.28. The molecule has 0 atom stereocenters. The van der Waals surface area contributed by atoms with Gasteiger partial charge in [0.05, 0.1) is 0 Å². The van der Waals surface area contributed by atoms with Crippen molar-refractivity contribution in [3.05, 3.63) is 0 Å². The maximum absolute atomic E-state index is 12.5. The second kappa shape index (κ2) is 8.00. The van der Waals surface area contributed by atoms with Gasteiger partial charge in [0.2, 0.25) is 0 Å². The van der Waals surface area contributed by atoms with Crippen molar-refractivity contribution in [2.24, 2.45) is 4.99 Å². The van der Waals surface area contributed by atoms with Crippen molar-refractivity contribution in [1.29, 1.82) is 0 Å². The lowest BCUT2D eigenvalue weighted by Gasteiger charge is -2.32. The van der Waals surface area contributed by atoms with E-state index in [4.69, 9.17) is 0 Å². The highest BCUT2D eigenvalue weighted by atomic mass is 32.2. The van der Waals surface area contributed by atoms with E-state index in [1.165, 1.54) is 0 Å². The van der Waals surface area contributed by atoms with Crippen LogP contribution in [0.15, 0.2) is 4.99 Å². The van der Waals surface area contributed by atoms with E-state index in [9.17, 15) is 21.6 Å². The van der Waals surface area contributed by atoms with Gasteiger partial charge in [-0.3, -0.25) is 4.99 Å². The third-order valence-corrected chi connectivity index (χ3v) is 5.10. The van der Waals surface area contributed by atoms with Crippen molar-refractivity contribution in [1.82, 2.24) is 14.9 Å². The molecule has 0 aliphatic carbocycles. The SMILES string of the molecule is CCCCNC(=NC)NC1CCN(S(=O)(=O)C(F)(F)F)CC1. The Balaban J connectivity index is 2.49. The number of nitrogens with zero attached hydrogens (tertiary/aromatic N) is 2. The van der Waals surface area contributed by atoms with Crippen LogP contribution in [-0.4, -0.2) is 56.9 Å². The molecule has 0 bridgehead atoms. The van der Waals surface area contributed by atoms with Gasteiger partial charge in [0.25, 0.3) is 0 Å². The van der Waals surface area contributed by atoms with Gasteiger partial charge < -0.3 is 10.6 Å². The molecule has 2 N–H and O–H groups in total. The van der Waals surface area contributed by atoms with Crippen molar-refractivity contribution >= 4 is 16.0 Å². The molecule has 0 amide bonds.